The Bertz CT molecular complexity index is 195. The van der Waals surface area contributed by atoms with Crippen LogP contribution in [0.1, 0.15) is 32.6 Å². The zero-order valence-electron chi connectivity index (χ0n) is 9.30. The maximum absolute atomic E-state index is 11.6. The van der Waals surface area contributed by atoms with E-state index >= 15 is 0 Å². The van der Waals surface area contributed by atoms with Gasteiger partial charge in [0.1, 0.15) is 0 Å². The van der Waals surface area contributed by atoms with E-state index in [4.69, 9.17) is 11.6 Å². The van der Waals surface area contributed by atoms with Gasteiger partial charge in [0.05, 0.1) is 0 Å². The summed E-state index contributed by atoms with van der Waals surface area (Å²) in [5, 5.41) is 3.00. The third-order valence-corrected chi connectivity index (χ3v) is 4.03. The number of carbonyl (C=O) groups is 1. The van der Waals surface area contributed by atoms with Gasteiger partial charge in [0.25, 0.3) is 0 Å². The van der Waals surface area contributed by atoms with E-state index in [1.165, 1.54) is 24.3 Å². The fourth-order valence-corrected chi connectivity index (χ4v) is 3.31. The van der Waals surface area contributed by atoms with E-state index in [0.29, 0.717) is 18.2 Å². The van der Waals surface area contributed by atoms with E-state index in [9.17, 15) is 4.79 Å². The zero-order chi connectivity index (χ0) is 11.1. The van der Waals surface area contributed by atoms with Gasteiger partial charge in [0, 0.05) is 18.3 Å². The Hall–Kier alpha value is 0.110. The maximum Gasteiger partial charge on any atom is 0.220 e. The highest BCUT2D eigenvalue weighted by Gasteiger charge is 2.17. The van der Waals surface area contributed by atoms with Crippen LogP contribution in [0.5, 0.6) is 0 Å². The molecule has 88 valence electrons. The molecule has 0 saturated carbocycles. The van der Waals surface area contributed by atoms with Gasteiger partial charge < -0.3 is 5.32 Å². The van der Waals surface area contributed by atoms with Gasteiger partial charge in [-0.1, -0.05) is 0 Å². The lowest BCUT2D eigenvalue weighted by Crippen LogP contribution is -2.34. The Labute approximate surface area is 102 Å². The minimum Gasteiger partial charge on any atom is -0.354 e. The summed E-state index contributed by atoms with van der Waals surface area (Å²) in [5.41, 5.74) is 0. The SMILES string of the molecule is CC(CCCl)NC(=O)CC1CCSCC1. The van der Waals surface area contributed by atoms with Crippen LogP contribution in [0.2, 0.25) is 0 Å². The van der Waals surface area contributed by atoms with Crippen LogP contribution < -0.4 is 5.32 Å². The Kier molecular flexibility index (Phi) is 6.50. The predicted octanol–water partition coefficient (Wildman–Crippen LogP) is 2.65. The first-order valence-electron chi connectivity index (χ1n) is 5.65. The molecule has 15 heavy (non-hydrogen) atoms. The largest absolute Gasteiger partial charge is 0.354 e. The van der Waals surface area contributed by atoms with Crippen LogP contribution in [0, 0.1) is 5.92 Å². The van der Waals surface area contributed by atoms with Crippen LogP contribution in [0.4, 0.5) is 0 Å². The molecule has 1 atom stereocenters. The highest BCUT2D eigenvalue weighted by Crippen LogP contribution is 2.25. The third kappa shape index (κ3) is 5.67. The average Bonchev–Trinajstić information content (AvgIpc) is 2.19. The summed E-state index contributed by atoms with van der Waals surface area (Å²) in [7, 11) is 0. The molecule has 1 N–H and O–H groups in total. The van der Waals surface area contributed by atoms with Crippen molar-refractivity contribution in [1.82, 2.24) is 5.32 Å². The molecule has 2 nitrogen and oxygen atoms in total. The van der Waals surface area contributed by atoms with Gasteiger partial charge >= 0.3 is 0 Å². The van der Waals surface area contributed by atoms with Crippen molar-refractivity contribution in [2.75, 3.05) is 17.4 Å². The zero-order valence-corrected chi connectivity index (χ0v) is 10.9. The molecule has 0 aromatic carbocycles. The van der Waals surface area contributed by atoms with Crippen molar-refractivity contribution < 1.29 is 4.79 Å². The second-order valence-electron chi connectivity index (χ2n) is 4.21. The third-order valence-electron chi connectivity index (χ3n) is 2.76. The van der Waals surface area contributed by atoms with E-state index in [-0.39, 0.29) is 11.9 Å². The molecule has 4 heteroatoms. The van der Waals surface area contributed by atoms with Gasteiger partial charge in [-0.05, 0) is 43.6 Å². The van der Waals surface area contributed by atoms with Crippen LogP contribution in [0.3, 0.4) is 0 Å². The first-order chi connectivity index (χ1) is 7.22. The Morgan fingerprint density at radius 1 is 1.53 bits per heavy atom. The molecule has 1 amide bonds. The summed E-state index contributed by atoms with van der Waals surface area (Å²) in [6.45, 7) is 2.01. The molecule has 0 aromatic rings. The minimum atomic E-state index is 0.199. The van der Waals surface area contributed by atoms with E-state index in [1.54, 1.807) is 0 Å². The standard InChI is InChI=1S/C11H20ClNOS/c1-9(2-5-12)13-11(14)8-10-3-6-15-7-4-10/h9-10H,2-8H2,1H3,(H,13,14). The molecule has 1 fully saturated rings. The van der Waals surface area contributed by atoms with Crippen molar-refractivity contribution in [2.24, 2.45) is 5.92 Å². The molecule has 1 unspecified atom stereocenters. The summed E-state index contributed by atoms with van der Waals surface area (Å²) in [4.78, 5) is 11.6. The van der Waals surface area contributed by atoms with Gasteiger partial charge in [-0.25, -0.2) is 0 Å². The van der Waals surface area contributed by atoms with E-state index < -0.39 is 0 Å². The van der Waals surface area contributed by atoms with Gasteiger partial charge in [-0.15, -0.1) is 11.6 Å². The van der Waals surface area contributed by atoms with Crippen LogP contribution in [0.25, 0.3) is 0 Å². The van der Waals surface area contributed by atoms with Crippen LogP contribution in [-0.2, 0) is 4.79 Å². The van der Waals surface area contributed by atoms with Gasteiger partial charge in [-0.2, -0.15) is 11.8 Å². The lowest BCUT2D eigenvalue weighted by Gasteiger charge is -2.21. The average molecular weight is 250 g/mol. The highest BCUT2D eigenvalue weighted by molar-refractivity contribution is 7.99. The number of alkyl halides is 1. The quantitative estimate of drug-likeness (QED) is 0.759. The number of halogens is 1. The van der Waals surface area contributed by atoms with Crippen LogP contribution in [0.15, 0.2) is 0 Å². The highest BCUT2D eigenvalue weighted by atomic mass is 35.5. The van der Waals surface area contributed by atoms with Crippen molar-refractivity contribution >= 4 is 29.3 Å². The van der Waals surface area contributed by atoms with E-state index in [2.05, 4.69) is 5.32 Å². The van der Waals surface area contributed by atoms with Crippen molar-refractivity contribution in [3.05, 3.63) is 0 Å². The second-order valence-corrected chi connectivity index (χ2v) is 5.81. The van der Waals surface area contributed by atoms with E-state index in [1.807, 2.05) is 18.7 Å². The Morgan fingerprint density at radius 2 is 2.20 bits per heavy atom. The number of hydrogen-bond acceptors (Lipinski definition) is 2. The lowest BCUT2D eigenvalue weighted by molar-refractivity contribution is -0.122. The molecule has 0 bridgehead atoms. The van der Waals surface area contributed by atoms with Gasteiger partial charge in [0.2, 0.25) is 5.91 Å². The summed E-state index contributed by atoms with van der Waals surface area (Å²) in [6, 6.07) is 0.216. The number of nitrogens with one attached hydrogen (secondary N) is 1. The van der Waals surface area contributed by atoms with Crippen molar-refractivity contribution in [3.8, 4) is 0 Å². The molecule has 0 radical (unpaired) electrons. The Morgan fingerprint density at radius 3 is 2.80 bits per heavy atom. The maximum atomic E-state index is 11.6. The topological polar surface area (TPSA) is 29.1 Å². The molecule has 1 heterocycles. The first-order valence-corrected chi connectivity index (χ1v) is 7.34. The number of thioether (sulfide) groups is 1. The molecule has 1 saturated heterocycles. The monoisotopic (exact) mass is 249 g/mol. The van der Waals surface area contributed by atoms with Gasteiger partial charge in [0.15, 0.2) is 0 Å². The fourth-order valence-electron chi connectivity index (χ4n) is 1.78. The summed E-state index contributed by atoms with van der Waals surface area (Å²) < 4.78 is 0. The minimum absolute atomic E-state index is 0.199. The molecule has 1 aliphatic rings. The molecule has 0 aliphatic carbocycles. The molecule has 1 rings (SSSR count). The number of hydrogen-bond donors (Lipinski definition) is 1. The first kappa shape index (κ1) is 13.2. The van der Waals surface area contributed by atoms with Crippen LogP contribution in [-0.4, -0.2) is 29.3 Å². The molecule has 1 aliphatic heterocycles. The van der Waals surface area contributed by atoms with Crippen molar-refractivity contribution in [2.45, 2.75) is 38.6 Å². The summed E-state index contributed by atoms with van der Waals surface area (Å²) in [5.74, 6) is 3.85. The Balaban J connectivity index is 2.16. The normalized spacial score (nSPS) is 19.9. The van der Waals surface area contributed by atoms with Gasteiger partial charge in [-0.3, -0.25) is 4.79 Å². The molecular formula is C11H20ClNOS. The summed E-state index contributed by atoms with van der Waals surface area (Å²) >= 11 is 7.62. The van der Waals surface area contributed by atoms with Crippen LogP contribution >= 0.6 is 23.4 Å². The molecular weight excluding hydrogens is 230 g/mol. The van der Waals surface area contributed by atoms with E-state index in [0.717, 1.165) is 6.42 Å². The number of rotatable bonds is 5. The molecule has 0 spiro atoms. The molecule has 0 aromatic heterocycles. The van der Waals surface area contributed by atoms with Crippen molar-refractivity contribution in [3.63, 3.8) is 0 Å². The predicted molar refractivity (Wildman–Crippen MR) is 67.6 cm³/mol. The number of carbonyl (C=O) groups excluding carboxylic acids is 1. The number of amides is 1. The smallest absolute Gasteiger partial charge is 0.220 e. The fraction of sp³-hybridized carbons (Fsp3) is 0.909. The second kappa shape index (κ2) is 7.39. The summed E-state index contributed by atoms with van der Waals surface area (Å²) in [6.07, 6.45) is 3.95. The lowest BCUT2D eigenvalue weighted by atomic mass is 9.98. The van der Waals surface area contributed by atoms with Crippen molar-refractivity contribution in [1.29, 1.82) is 0 Å².